The number of benzene rings is 2. The molecule has 0 saturated carbocycles. The van der Waals surface area contributed by atoms with E-state index in [0.29, 0.717) is 5.69 Å². The third-order valence-corrected chi connectivity index (χ3v) is 3.95. The lowest BCUT2D eigenvalue weighted by molar-refractivity contribution is -0.119. The summed E-state index contributed by atoms with van der Waals surface area (Å²) in [6.07, 6.45) is 0. The largest absolute Gasteiger partial charge is 0.325 e. The number of thioether (sulfide) groups is 1. The molecule has 3 amide bonds. The van der Waals surface area contributed by atoms with Crippen molar-refractivity contribution in [3.8, 4) is 0 Å². The fourth-order valence-electron chi connectivity index (χ4n) is 1.80. The number of halogens is 2. The highest BCUT2D eigenvalue weighted by molar-refractivity contribution is 8.00. The molecule has 2 rings (SSSR count). The van der Waals surface area contributed by atoms with Crippen LogP contribution in [-0.2, 0) is 9.59 Å². The van der Waals surface area contributed by atoms with Crippen molar-refractivity contribution in [2.45, 2.75) is 0 Å². The first-order chi connectivity index (χ1) is 12.4. The van der Waals surface area contributed by atoms with E-state index in [2.05, 4.69) is 16.2 Å². The van der Waals surface area contributed by atoms with Gasteiger partial charge in [0.1, 0.15) is 11.6 Å². The molecule has 9 heteroatoms. The third kappa shape index (κ3) is 6.52. The van der Waals surface area contributed by atoms with Crippen LogP contribution in [0, 0.1) is 11.6 Å². The van der Waals surface area contributed by atoms with Crippen molar-refractivity contribution in [2.75, 3.05) is 16.8 Å². The Kier molecular flexibility index (Phi) is 7.10. The van der Waals surface area contributed by atoms with Crippen LogP contribution in [0.1, 0.15) is 10.4 Å². The molecule has 0 radical (unpaired) electrons. The minimum absolute atomic E-state index is 0.0106. The average Bonchev–Trinajstić information content (AvgIpc) is 2.62. The number of rotatable bonds is 6. The van der Waals surface area contributed by atoms with E-state index in [9.17, 15) is 23.2 Å². The highest BCUT2D eigenvalue weighted by atomic mass is 32.2. The molecular weight excluding hydrogens is 364 g/mol. The van der Waals surface area contributed by atoms with Crippen molar-refractivity contribution in [3.05, 3.63) is 65.7 Å². The number of carbonyl (C=O) groups is 3. The van der Waals surface area contributed by atoms with E-state index >= 15 is 0 Å². The quantitative estimate of drug-likeness (QED) is 0.671. The highest BCUT2D eigenvalue weighted by Crippen LogP contribution is 2.09. The maximum absolute atomic E-state index is 12.8. The van der Waals surface area contributed by atoms with E-state index in [1.54, 1.807) is 0 Å². The molecule has 0 bridgehead atoms. The lowest BCUT2D eigenvalue weighted by Gasteiger charge is -2.08. The first-order valence-corrected chi connectivity index (χ1v) is 8.57. The Hall–Kier alpha value is -2.94. The van der Waals surface area contributed by atoms with Crippen LogP contribution in [0.15, 0.2) is 48.5 Å². The normalized spacial score (nSPS) is 10.1. The van der Waals surface area contributed by atoms with Gasteiger partial charge in [0, 0.05) is 11.3 Å². The zero-order valence-electron chi connectivity index (χ0n) is 13.4. The molecule has 6 nitrogen and oxygen atoms in total. The van der Waals surface area contributed by atoms with Crippen molar-refractivity contribution in [3.63, 3.8) is 0 Å². The summed E-state index contributed by atoms with van der Waals surface area (Å²) in [6.45, 7) is 0. The zero-order chi connectivity index (χ0) is 18.9. The third-order valence-electron chi connectivity index (χ3n) is 3.02. The summed E-state index contributed by atoms with van der Waals surface area (Å²) in [5.74, 6) is -2.35. The standard InChI is InChI=1S/C17H15F2N3O3S/c18-12-3-1-11(2-4-12)17(25)22-21-16(24)10-26-9-15(23)20-14-7-5-13(19)6-8-14/h1-8H,9-10H2,(H,20,23)(H,21,24)(H,22,25). The molecule has 0 atom stereocenters. The molecule has 26 heavy (non-hydrogen) atoms. The number of anilines is 1. The predicted octanol–water partition coefficient (Wildman–Crippen LogP) is 2.10. The number of hydrogen-bond acceptors (Lipinski definition) is 4. The summed E-state index contributed by atoms with van der Waals surface area (Å²) in [5.41, 5.74) is 5.03. The number of amides is 3. The molecule has 0 aliphatic heterocycles. The van der Waals surface area contributed by atoms with Crippen LogP contribution in [0.3, 0.4) is 0 Å². The Morgan fingerprint density at radius 2 is 1.31 bits per heavy atom. The molecule has 3 N–H and O–H groups in total. The minimum atomic E-state index is -0.586. The zero-order valence-corrected chi connectivity index (χ0v) is 14.2. The van der Waals surface area contributed by atoms with E-state index in [1.807, 2.05) is 0 Å². The van der Waals surface area contributed by atoms with Gasteiger partial charge in [0.15, 0.2) is 0 Å². The Morgan fingerprint density at radius 1 is 0.769 bits per heavy atom. The summed E-state index contributed by atoms with van der Waals surface area (Å²) >= 11 is 1.04. The molecule has 0 heterocycles. The van der Waals surface area contributed by atoms with Gasteiger partial charge in [0.05, 0.1) is 11.5 Å². The van der Waals surface area contributed by atoms with Crippen molar-refractivity contribution in [2.24, 2.45) is 0 Å². The second-order valence-corrected chi connectivity index (χ2v) is 6.04. The van der Waals surface area contributed by atoms with E-state index in [1.165, 1.54) is 36.4 Å². The number of carbonyl (C=O) groups excluding carboxylic acids is 3. The van der Waals surface area contributed by atoms with Crippen molar-refractivity contribution >= 4 is 35.2 Å². The molecule has 0 aromatic heterocycles. The van der Waals surface area contributed by atoms with Gasteiger partial charge in [-0.1, -0.05) is 0 Å². The molecule has 2 aromatic rings. The van der Waals surface area contributed by atoms with Gasteiger partial charge in [-0.05, 0) is 48.5 Å². The molecule has 0 spiro atoms. The average molecular weight is 379 g/mol. The summed E-state index contributed by atoms with van der Waals surface area (Å²) in [5, 5.41) is 2.56. The Balaban J connectivity index is 1.65. The summed E-state index contributed by atoms with van der Waals surface area (Å²) < 4.78 is 25.5. The van der Waals surface area contributed by atoms with Gasteiger partial charge in [-0.25, -0.2) is 8.78 Å². The van der Waals surface area contributed by atoms with Gasteiger partial charge in [0.25, 0.3) is 5.91 Å². The van der Waals surface area contributed by atoms with E-state index in [0.717, 1.165) is 23.9 Å². The SMILES string of the molecule is O=C(CSCC(=O)Nc1ccc(F)cc1)NNC(=O)c1ccc(F)cc1. The van der Waals surface area contributed by atoms with Crippen LogP contribution in [0.5, 0.6) is 0 Å². The fraction of sp³-hybridized carbons (Fsp3) is 0.118. The lowest BCUT2D eigenvalue weighted by atomic mass is 10.2. The Labute approximate surface area is 152 Å². The van der Waals surface area contributed by atoms with Gasteiger partial charge < -0.3 is 5.32 Å². The highest BCUT2D eigenvalue weighted by Gasteiger charge is 2.09. The van der Waals surface area contributed by atoms with Crippen LogP contribution in [0.4, 0.5) is 14.5 Å². The topological polar surface area (TPSA) is 87.3 Å². The number of hydrazine groups is 1. The molecule has 0 aliphatic rings. The van der Waals surface area contributed by atoms with E-state index in [4.69, 9.17) is 0 Å². The van der Waals surface area contributed by atoms with Crippen LogP contribution in [0.2, 0.25) is 0 Å². The van der Waals surface area contributed by atoms with Crippen molar-refractivity contribution in [1.82, 2.24) is 10.9 Å². The maximum atomic E-state index is 12.8. The predicted molar refractivity (Wildman–Crippen MR) is 94.4 cm³/mol. The summed E-state index contributed by atoms with van der Waals surface area (Å²) in [7, 11) is 0. The van der Waals surface area contributed by atoms with Gasteiger partial charge in [-0.15, -0.1) is 11.8 Å². The number of hydrogen-bond donors (Lipinski definition) is 3. The van der Waals surface area contributed by atoms with Gasteiger partial charge in [0.2, 0.25) is 11.8 Å². The molecule has 136 valence electrons. The Morgan fingerprint density at radius 3 is 1.92 bits per heavy atom. The maximum Gasteiger partial charge on any atom is 0.269 e. The summed E-state index contributed by atoms with van der Waals surface area (Å²) in [4.78, 5) is 35.1. The molecule has 0 saturated heterocycles. The van der Waals surface area contributed by atoms with E-state index in [-0.39, 0.29) is 23.0 Å². The minimum Gasteiger partial charge on any atom is -0.325 e. The summed E-state index contributed by atoms with van der Waals surface area (Å²) in [6, 6.07) is 10.1. The monoisotopic (exact) mass is 379 g/mol. The van der Waals surface area contributed by atoms with Crippen molar-refractivity contribution in [1.29, 1.82) is 0 Å². The molecule has 0 aliphatic carbocycles. The van der Waals surface area contributed by atoms with E-state index < -0.39 is 23.4 Å². The van der Waals surface area contributed by atoms with Crippen LogP contribution < -0.4 is 16.2 Å². The fourth-order valence-corrected chi connectivity index (χ4v) is 2.42. The smallest absolute Gasteiger partial charge is 0.269 e. The second kappa shape index (κ2) is 9.52. The first-order valence-electron chi connectivity index (χ1n) is 7.42. The molecular formula is C17H15F2N3O3S. The van der Waals surface area contributed by atoms with Crippen LogP contribution >= 0.6 is 11.8 Å². The molecule has 0 unspecified atom stereocenters. The van der Waals surface area contributed by atoms with Crippen LogP contribution in [0.25, 0.3) is 0 Å². The molecule has 0 fully saturated rings. The first kappa shape index (κ1) is 19.4. The Bertz CT molecular complexity index is 783. The van der Waals surface area contributed by atoms with Crippen molar-refractivity contribution < 1.29 is 23.2 Å². The lowest BCUT2D eigenvalue weighted by Crippen LogP contribution is -2.42. The van der Waals surface area contributed by atoms with Gasteiger partial charge in [-0.3, -0.25) is 25.2 Å². The second-order valence-electron chi connectivity index (χ2n) is 5.06. The number of nitrogens with one attached hydrogen (secondary N) is 3. The van der Waals surface area contributed by atoms with Crippen LogP contribution in [-0.4, -0.2) is 29.2 Å². The van der Waals surface area contributed by atoms with Gasteiger partial charge in [-0.2, -0.15) is 0 Å². The van der Waals surface area contributed by atoms with Gasteiger partial charge >= 0.3 is 0 Å². The molecule has 2 aromatic carbocycles.